The molecule has 7 heteroatoms. The van der Waals surface area contributed by atoms with Gasteiger partial charge in [-0.3, -0.25) is 14.9 Å². The molecule has 1 N–H and O–H groups in total. The molecule has 31 heavy (non-hydrogen) atoms. The average molecular weight is 421 g/mol. The molecule has 2 aromatic heterocycles. The molecule has 0 spiro atoms. The molecule has 2 aliphatic rings. The van der Waals surface area contributed by atoms with Crippen molar-refractivity contribution in [3.05, 3.63) is 48.4 Å². The molecule has 3 heterocycles. The third kappa shape index (κ3) is 3.96. The van der Waals surface area contributed by atoms with Gasteiger partial charge in [0.1, 0.15) is 6.26 Å². The lowest BCUT2D eigenvalue weighted by atomic mass is 9.95. The molecule has 0 radical (unpaired) electrons. The van der Waals surface area contributed by atoms with Crippen molar-refractivity contribution in [2.75, 3.05) is 18.4 Å². The van der Waals surface area contributed by atoms with Crippen LogP contribution in [0, 0.1) is 5.92 Å². The van der Waals surface area contributed by atoms with Gasteiger partial charge in [0.25, 0.3) is 5.91 Å². The summed E-state index contributed by atoms with van der Waals surface area (Å²) in [4.78, 5) is 32.2. The molecule has 1 aromatic carbocycles. The first-order valence-electron chi connectivity index (χ1n) is 11.3. The van der Waals surface area contributed by atoms with Crippen LogP contribution in [-0.2, 0) is 4.79 Å². The molecular weight excluding hydrogens is 392 g/mol. The van der Waals surface area contributed by atoms with Gasteiger partial charge in [-0.25, -0.2) is 4.98 Å². The standard InChI is InChI=1S/C24H28N4O3/c29-22(17-10-13-27(14-11-17)23(30)18-12-15-31-16-18)26-24-25-20-8-4-5-9-21(20)28(24)19-6-2-1-3-7-19/h4-5,8-9,12,15-17,19H,1-3,6-7,10-11,13-14H2,(H,25,26,29). The van der Waals surface area contributed by atoms with E-state index in [1.165, 1.54) is 31.8 Å². The molecule has 1 aliphatic carbocycles. The Morgan fingerprint density at radius 2 is 1.77 bits per heavy atom. The number of fused-ring (bicyclic) bond motifs is 1. The average Bonchev–Trinajstić information content (AvgIpc) is 3.47. The van der Waals surface area contributed by atoms with E-state index in [9.17, 15) is 9.59 Å². The molecule has 2 amide bonds. The van der Waals surface area contributed by atoms with Crippen molar-refractivity contribution in [3.63, 3.8) is 0 Å². The number of carbonyl (C=O) groups excluding carboxylic acids is 2. The second-order valence-electron chi connectivity index (χ2n) is 8.65. The number of benzene rings is 1. The lowest BCUT2D eigenvalue weighted by molar-refractivity contribution is -0.121. The lowest BCUT2D eigenvalue weighted by Crippen LogP contribution is -2.41. The molecule has 0 unspecified atom stereocenters. The minimum atomic E-state index is -0.118. The van der Waals surface area contributed by atoms with Gasteiger partial charge in [-0.1, -0.05) is 31.4 Å². The Morgan fingerprint density at radius 3 is 2.52 bits per heavy atom. The third-order valence-electron chi connectivity index (χ3n) is 6.69. The molecule has 5 rings (SSSR count). The third-order valence-corrected chi connectivity index (χ3v) is 6.69. The summed E-state index contributed by atoms with van der Waals surface area (Å²) in [6.45, 7) is 1.14. The Labute approximate surface area is 181 Å². The van der Waals surface area contributed by atoms with Crippen LogP contribution in [0.4, 0.5) is 5.95 Å². The summed E-state index contributed by atoms with van der Waals surface area (Å²) in [5, 5.41) is 3.13. The summed E-state index contributed by atoms with van der Waals surface area (Å²) in [5.74, 6) is 0.512. The summed E-state index contributed by atoms with van der Waals surface area (Å²) in [5.41, 5.74) is 2.57. The molecule has 2 fully saturated rings. The SMILES string of the molecule is O=C(Nc1nc2ccccc2n1C1CCCCC1)C1CCN(C(=O)c2ccoc2)CC1. The smallest absolute Gasteiger partial charge is 0.257 e. The zero-order valence-electron chi connectivity index (χ0n) is 17.6. The Morgan fingerprint density at radius 1 is 1.00 bits per heavy atom. The molecule has 1 saturated carbocycles. The number of rotatable bonds is 4. The number of para-hydroxylation sites is 2. The van der Waals surface area contributed by atoms with Gasteiger partial charge in [0.15, 0.2) is 0 Å². The number of amides is 2. The van der Waals surface area contributed by atoms with Crippen LogP contribution in [0.15, 0.2) is 47.3 Å². The van der Waals surface area contributed by atoms with Gasteiger partial charge in [-0.15, -0.1) is 0 Å². The number of likely N-dealkylation sites (tertiary alicyclic amines) is 1. The number of aromatic nitrogens is 2. The number of hydrogen-bond acceptors (Lipinski definition) is 4. The van der Waals surface area contributed by atoms with Crippen molar-refractivity contribution in [2.24, 2.45) is 5.92 Å². The maximum Gasteiger partial charge on any atom is 0.257 e. The number of nitrogens with one attached hydrogen (secondary N) is 1. The monoisotopic (exact) mass is 420 g/mol. The first-order chi connectivity index (χ1) is 15.2. The van der Waals surface area contributed by atoms with E-state index in [2.05, 4.69) is 16.0 Å². The first-order valence-corrected chi connectivity index (χ1v) is 11.3. The highest BCUT2D eigenvalue weighted by Gasteiger charge is 2.30. The zero-order valence-corrected chi connectivity index (χ0v) is 17.6. The fourth-order valence-electron chi connectivity index (χ4n) is 4.97. The van der Waals surface area contributed by atoms with Crippen LogP contribution in [-0.4, -0.2) is 39.4 Å². The second kappa shape index (κ2) is 8.57. The number of hydrogen-bond donors (Lipinski definition) is 1. The first kappa shape index (κ1) is 19.8. The van der Waals surface area contributed by atoms with Crippen molar-refractivity contribution in [2.45, 2.75) is 51.0 Å². The van der Waals surface area contributed by atoms with Gasteiger partial charge in [-0.2, -0.15) is 0 Å². The van der Waals surface area contributed by atoms with E-state index >= 15 is 0 Å². The van der Waals surface area contributed by atoms with E-state index in [0.29, 0.717) is 43.5 Å². The number of piperidine rings is 1. The van der Waals surface area contributed by atoms with Crippen LogP contribution in [0.2, 0.25) is 0 Å². The fraction of sp³-hybridized carbons (Fsp3) is 0.458. The number of nitrogens with zero attached hydrogens (tertiary/aromatic N) is 3. The Hall–Kier alpha value is -3.09. The van der Waals surface area contributed by atoms with Crippen molar-refractivity contribution in [3.8, 4) is 0 Å². The predicted molar refractivity (Wildman–Crippen MR) is 118 cm³/mol. The number of anilines is 1. The molecule has 0 bridgehead atoms. The van der Waals surface area contributed by atoms with E-state index in [4.69, 9.17) is 9.40 Å². The Kier molecular flexibility index (Phi) is 5.49. The number of carbonyl (C=O) groups is 2. The van der Waals surface area contributed by atoms with Crippen LogP contribution in [0.5, 0.6) is 0 Å². The van der Waals surface area contributed by atoms with Crippen LogP contribution in [0.25, 0.3) is 11.0 Å². The second-order valence-corrected chi connectivity index (χ2v) is 8.65. The topological polar surface area (TPSA) is 80.4 Å². The molecule has 3 aromatic rings. The molecule has 0 atom stereocenters. The van der Waals surface area contributed by atoms with Crippen LogP contribution in [0.3, 0.4) is 0 Å². The molecular formula is C24H28N4O3. The highest BCUT2D eigenvalue weighted by atomic mass is 16.3. The minimum absolute atomic E-state index is 0.00257. The molecule has 162 valence electrons. The highest BCUT2D eigenvalue weighted by Crippen LogP contribution is 2.34. The zero-order chi connectivity index (χ0) is 21.2. The van der Waals surface area contributed by atoms with Gasteiger partial charge in [0, 0.05) is 25.0 Å². The Balaban J connectivity index is 1.29. The van der Waals surface area contributed by atoms with E-state index < -0.39 is 0 Å². The maximum absolute atomic E-state index is 13.1. The largest absolute Gasteiger partial charge is 0.472 e. The van der Waals surface area contributed by atoms with Gasteiger partial charge < -0.3 is 13.9 Å². The van der Waals surface area contributed by atoms with Gasteiger partial charge >= 0.3 is 0 Å². The van der Waals surface area contributed by atoms with Gasteiger partial charge in [-0.05, 0) is 43.9 Å². The van der Waals surface area contributed by atoms with Crippen molar-refractivity contribution < 1.29 is 14.0 Å². The van der Waals surface area contributed by atoms with E-state index in [0.717, 1.165) is 23.9 Å². The summed E-state index contributed by atoms with van der Waals surface area (Å²) in [6.07, 6.45) is 10.2. The summed E-state index contributed by atoms with van der Waals surface area (Å²) in [7, 11) is 0. The summed E-state index contributed by atoms with van der Waals surface area (Å²) < 4.78 is 7.26. The summed E-state index contributed by atoms with van der Waals surface area (Å²) >= 11 is 0. The van der Waals surface area contributed by atoms with Gasteiger partial charge in [0.05, 0.1) is 22.9 Å². The van der Waals surface area contributed by atoms with Crippen LogP contribution < -0.4 is 5.32 Å². The highest BCUT2D eigenvalue weighted by molar-refractivity contribution is 5.95. The normalized spacial score (nSPS) is 18.4. The van der Waals surface area contributed by atoms with Crippen LogP contribution in [0.1, 0.15) is 61.3 Å². The van der Waals surface area contributed by atoms with Crippen LogP contribution >= 0.6 is 0 Å². The number of furan rings is 1. The lowest BCUT2D eigenvalue weighted by Gasteiger charge is -2.31. The van der Waals surface area contributed by atoms with E-state index in [1.54, 1.807) is 11.0 Å². The summed E-state index contributed by atoms with van der Waals surface area (Å²) in [6, 6.07) is 10.2. The number of imidazole rings is 1. The van der Waals surface area contributed by atoms with Crippen molar-refractivity contribution in [1.82, 2.24) is 14.5 Å². The molecule has 1 aliphatic heterocycles. The van der Waals surface area contributed by atoms with Gasteiger partial charge in [0.2, 0.25) is 11.9 Å². The predicted octanol–water partition coefficient (Wildman–Crippen LogP) is 4.63. The molecule has 7 nitrogen and oxygen atoms in total. The molecule has 1 saturated heterocycles. The van der Waals surface area contributed by atoms with Crippen molar-refractivity contribution >= 4 is 28.8 Å². The maximum atomic E-state index is 13.1. The Bertz CT molecular complexity index is 1060. The quantitative estimate of drug-likeness (QED) is 0.668. The van der Waals surface area contributed by atoms with E-state index in [1.807, 2.05) is 18.2 Å². The minimum Gasteiger partial charge on any atom is -0.472 e. The van der Waals surface area contributed by atoms with Crippen molar-refractivity contribution in [1.29, 1.82) is 0 Å². The van der Waals surface area contributed by atoms with E-state index in [-0.39, 0.29) is 17.7 Å². The fourth-order valence-corrected chi connectivity index (χ4v) is 4.97.